The lowest BCUT2D eigenvalue weighted by Crippen LogP contribution is -2.50. The molecule has 10 heteroatoms. The normalized spacial score (nSPS) is 20.3. The lowest BCUT2D eigenvalue weighted by Gasteiger charge is -2.34. The van der Waals surface area contributed by atoms with Gasteiger partial charge in [0.25, 0.3) is 5.91 Å². The highest BCUT2D eigenvalue weighted by Gasteiger charge is 2.32. The third kappa shape index (κ3) is 4.01. The van der Waals surface area contributed by atoms with E-state index in [1.807, 2.05) is 24.3 Å². The zero-order chi connectivity index (χ0) is 21.3. The smallest absolute Gasteiger partial charge is 0.322 e. The minimum Gasteiger partial charge on any atom is -0.340 e. The summed E-state index contributed by atoms with van der Waals surface area (Å²) in [7, 11) is -3.65. The van der Waals surface area contributed by atoms with Crippen LogP contribution >= 0.6 is 0 Å². The highest BCUT2D eigenvalue weighted by Crippen LogP contribution is 2.23. The lowest BCUT2D eigenvalue weighted by atomic mass is 10.1. The van der Waals surface area contributed by atoms with Crippen LogP contribution in [0, 0.1) is 0 Å². The topological polar surface area (TPSA) is 116 Å². The molecule has 2 aliphatic rings. The van der Waals surface area contributed by atoms with Gasteiger partial charge >= 0.3 is 6.03 Å². The van der Waals surface area contributed by atoms with Gasteiger partial charge in [-0.05, 0) is 29.3 Å². The van der Waals surface area contributed by atoms with Crippen molar-refractivity contribution in [2.45, 2.75) is 23.8 Å². The van der Waals surface area contributed by atoms with Crippen LogP contribution in [-0.2, 0) is 19.6 Å². The molecule has 0 saturated carbocycles. The first-order valence-electron chi connectivity index (χ1n) is 9.73. The maximum absolute atomic E-state index is 13.0. The summed E-state index contributed by atoms with van der Waals surface area (Å²) >= 11 is 0. The number of carbonyl (C=O) groups is 3. The summed E-state index contributed by atoms with van der Waals surface area (Å²) in [5, 5.41) is 6.42. The monoisotopic (exact) mass is 430 g/mol. The molecule has 0 unspecified atom stereocenters. The summed E-state index contributed by atoms with van der Waals surface area (Å²) in [4.78, 5) is 36.9. The van der Waals surface area contributed by atoms with E-state index >= 15 is 0 Å². The van der Waals surface area contributed by atoms with Crippen molar-refractivity contribution in [3.8, 4) is 0 Å². The van der Waals surface area contributed by atoms with Gasteiger partial charge in [0.05, 0.1) is 4.90 Å². The zero-order valence-corrected chi connectivity index (χ0v) is 17.0. The average molecular weight is 430 g/mol. The van der Waals surface area contributed by atoms with Crippen molar-refractivity contribution < 1.29 is 22.8 Å². The summed E-state index contributed by atoms with van der Waals surface area (Å²) in [6.45, 7) is 0.993. The number of amides is 4. The number of hydrogen-bond donors (Lipinski definition) is 2. The molecule has 4 rings (SSSR count). The SMILES string of the molecule is O=C1NC(=O)[C@H](CCC(=O)N2CCN(S(=O)(=O)c3ccc4ccccc4c3)CC2)N1. The van der Waals surface area contributed by atoms with Crippen LogP contribution in [0.1, 0.15) is 12.8 Å². The van der Waals surface area contributed by atoms with Crippen LogP contribution in [0.4, 0.5) is 4.79 Å². The third-order valence-corrected chi connectivity index (χ3v) is 7.35. The molecular weight excluding hydrogens is 408 g/mol. The predicted molar refractivity (Wildman–Crippen MR) is 109 cm³/mol. The molecular formula is C20H22N4O5S. The van der Waals surface area contributed by atoms with E-state index in [0.717, 1.165) is 10.8 Å². The first kappa shape index (κ1) is 20.3. The van der Waals surface area contributed by atoms with Gasteiger partial charge in [0.15, 0.2) is 0 Å². The van der Waals surface area contributed by atoms with Crippen molar-refractivity contribution in [2.75, 3.05) is 26.2 Å². The first-order valence-corrected chi connectivity index (χ1v) is 11.2. The van der Waals surface area contributed by atoms with Crippen molar-refractivity contribution in [2.24, 2.45) is 0 Å². The van der Waals surface area contributed by atoms with E-state index in [-0.39, 0.29) is 49.8 Å². The summed E-state index contributed by atoms with van der Waals surface area (Å²) in [5.41, 5.74) is 0. The van der Waals surface area contributed by atoms with Crippen LogP contribution in [0.5, 0.6) is 0 Å². The fraction of sp³-hybridized carbons (Fsp3) is 0.350. The Balaban J connectivity index is 1.35. The molecule has 0 spiro atoms. The van der Waals surface area contributed by atoms with Crippen molar-refractivity contribution in [1.29, 1.82) is 0 Å². The van der Waals surface area contributed by atoms with Gasteiger partial charge in [0.1, 0.15) is 6.04 Å². The van der Waals surface area contributed by atoms with E-state index in [4.69, 9.17) is 0 Å². The highest BCUT2D eigenvalue weighted by molar-refractivity contribution is 7.89. The molecule has 2 saturated heterocycles. The van der Waals surface area contributed by atoms with Gasteiger partial charge in [-0.15, -0.1) is 0 Å². The molecule has 2 aliphatic heterocycles. The van der Waals surface area contributed by atoms with Crippen molar-refractivity contribution in [1.82, 2.24) is 19.8 Å². The van der Waals surface area contributed by atoms with Crippen LogP contribution < -0.4 is 10.6 Å². The van der Waals surface area contributed by atoms with Gasteiger partial charge in [-0.3, -0.25) is 14.9 Å². The van der Waals surface area contributed by atoms with E-state index in [1.54, 1.807) is 23.1 Å². The summed E-state index contributed by atoms with van der Waals surface area (Å²) < 4.78 is 27.4. The number of nitrogens with zero attached hydrogens (tertiary/aromatic N) is 2. The zero-order valence-electron chi connectivity index (χ0n) is 16.2. The minimum absolute atomic E-state index is 0.107. The summed E-state index contributed by atoms with van der Waals surface area (Å²) in [6.07, 6.45) is 0.321. The highest BCUT2D eigenvalue weighted by atomic mass is 32.2. The Morgan fingerprint density at radius 2 is 1.70 bits per heavy atom. The van der Waals surface area contributed by atoms with Gasteiger partial charge < -0.3 is 10.2 Å². The lowest BCUT2D eigenvalue weighted by molar-refractivity contribution is -0.132. The number of benzene rings is 2. The molecule has 2 aromatic rings. The Kier molecular flexibility index (Phi) is 5.44. The van der Waals surface area contributed by atoms with E-state index in [2.05, 4.69) is 10.6 Å². The number of nitrogens with one attached hydrogen (secondary N) is 2. The molecule has 2 N–H and O–H groups in total. The van der Waals surface area contributed by atoms with E-state index in [1.165, 1.54) is 4.31 Å². The van der Waals surface area contributed by atoms with E-state index in [0.29, 0.717) is 0 Å². The van der Waals surface area contributed by atoms with Crippen LogP contribution in [0.25, 0.3) is 10.8 Å². The molecule has 0 aromatic heterocycles. The number of rotatable bonds is 5. The number of fused-ring (bicyclic) bond motifs is 1. The summed E-state index contributed by atoms with van der Waals surface area (Å²) in [5.74, 6) is -0.592. The van der Waals surface area contributed by atoms with Gasteiger partial charge in [0.2, 0.25) is 15.9 Å². The third-order valence-electron chi connectivity index (χ3n) is 5.46. The first-order chi connectivity index (χ1) is 14.3. The number of imide groups is 1. The Hall–Kier alpha value is -2.98. The molecule has 0 bridgehead atoms. The van der Waals surface area contributed by atoms with E-state index in [9.17, 15) is 22.8 Å². The Bertz CT molecular complexity index is 1110. The van der Waals surface area contributed by atoms with Crippen molar-refractivity contribution >= 4 is 38.6 Å². The number of urea groups is 1. The molecule has 9 nitrogen and oxygen atoms in total. The molecule has 2 fully saturated rings. The predicted octanol–water partition coefficient (Wildman–Crippen LogP) is 0.661. The molecule has 0 radical (unpaired) electrons. The molecule has 0 aliphatic carbocycles. The second-order valence-corrected chi connectivity index (χ2v) is 9.29. The maximum Gasteiger partial charge on any atom is 0.322 e. The molecule has 2 heterocycles. The van der Waals surface area contributed by atoms with Crippen LogP contribution in [0.3, 0.4) is 0 Å². The maximum atomic E-state index is 13.0. The second-order valence-electron chi connectivity index (χ2n) is 7.35. The standard InChI is InChI=1S/C20H22N4O5S/c25-18(8-7-17-19(26)22-20(27)21-17)23-9-11-24(12-10-23)30(28,29)16-6-5-14-3-1-2-4-15(14)13-16/h1-6,13,17H,7-12H2,(H2,21,22,26,27)/t17-/m0/s1. The van der Waals surface area contributed by atoms with Gasteiger partial charge in [-0.25, -0.2) is 13.2 Å². The Morgan fingerprint density at radius 3 is 2.37 bits per heavy atom. The number of carbonyl (C=O) groups excluding carboxylic acids is 3. The molecule has 30 heavy (non-hydrogen) atoms. The Morgan fingerprint density at radius 1 is 1.00 bits per heavy atom. The van der Waals surface area contributed by atoms with Crippen molar-refractivity contribution in [3.05, 3.63) is 42.5 Å². The van der Waals surface area contributed by atoms with Crippen LogP contribution in [0.2, 0.25) is 0 Å². The molecule has 1 atom stereocenters. The molecule has 158 valence electrons. The Labute approximate surface area is 174 Å². The number of sulfonamides is 1. The van der Waals surface area contributed by atoms with Gasteiger partial charge in [-0.2, -0.15) is 4.31 Å². The molecule has 4 amide bonds. The van der Waals surface area contributed by atoms with Gasteiger partial charge in [-0.1, -0.05) is 30.3 Å². The van der Waals surface area contributed by atoms with Crippen LogP contribution in [0.15, 0.2) is 47.4 Å². The quantitative estimate of drug-likeness (QED) is 0.676. The van der Waals surface area contributed by atoms with Gasteiger partial charge in [0, 0.05) is 32.6 Å². The van der Waals surface area contributed by atoms with Crippen LogP contribution in [-0.4, -0.2) is 67.7 Å². The van der Waals surface area contributed by atoms with Crippen molar-refractivity contribution in [3.63, 3.8) is 0 Å². The largest absolute Gasteiger partial charge is 0.340 e. The fourth-order valence-corrected chi connectivity index (χ4v) is 5.20. The van der Waals surface area contributed by atoms with E-state index < -0.39 is 28.0 Å². The number of hydrogen-bond acceptors (Lipinski definition) is 5. The fourth-order valence-electron chi connectivity index (χ4n) is 3.74. The molecule has 2 aromatic carbocycles. The number of piperazine rings is 1. The minimum atomic E-state index is -3.65. The summed E-state index contributed by atoms with van der Waals surface area (Å²) in [6, 6.07) is 11.4. The second kappa shape index (κ2) is 8.04. The average Bonchev–Trinajstić information content (AvgIpc) is 3.08.